The average Bonchev–Trinajstić information content (AvgIpc) is 2.59. The Kier molecular flexibility index (Phi) is 4.88. The summed E-state index contributed by atoms with van der Waals surface area (Å²) < 4.78 is 0. The SMILES string of the molecule is CC1CCCN(C(N)=NCc2cc(N(C)C)nc3ccccc23)C1. The molecule has 2 heterocycles. The molecule has 1 unspecified atom stereocenters. The van der Waals surface area contributed by atoms with Gasteiger partial charge in [0.25, 0.3) is 0 Å². The number of nitrogens with zero attached hydrogens (tertiary/aromatic N) is 4. The van der Waals surface area contributed by atoms with E-state index >= 15 is 0 Å². The maximum absolute atomic E-state index is 6.25. The molecule has 0 spiro atoms. The normalized spacial score (nSPS) is 18.9. The minimum atomic E-state index is 0.584. The van der Waals surface area contributed by atoms with Gasteiger partial charge in [0.05, 0.1) is 12.1 Å². The summed E-state index contributed by atoms with van der Waals surface area (Å²) in [6.45, 7) is 4.88. The highest BCUT2D eigenvalue weighted by molar-refractivity contribution is 5.84. The van der Waals surface area contributed by atoms with Crippen LogP contribution in [0.4, 0.5) is 5.82 Å². The number of fused-ring (bicyclic) bond motifs is 1. The highest BCUT2D eigenvalue weighted by Crippen LogP contribution is 2.23. The Bertz CT molecular complexity index is 738. The molecular formula is C19H27N5. The zero-order chi connectivity index (χ0) is 17.1. The van der Waals surface area contributed by atoms with Crippen LogP contribution in [0.2, 0.25) is 0 Å². The summed E-state index contributed by atoms with van der Waals surface area (Å²) in [6, 6.07) is 10.3. The molecule has 1 atom stereocenters. The van der Waals surface area contributed by atoms with Gasteiger partial charge in [-0.25, -0.2) is 9.98 Å². The van der Waals surface area contributed by atoms with Crippen LogP contribution in [0.25, 0.3) is 10.9 Å². The molecule has 0 saturated carbocycles. The zero-order valence-electron chi connectivity index (χ0n) is 14.9. The van der Waals surface area contributed by atoms with Crippen LogP contribution in [0, 0.1) is 5.92 Å². The molecule has 2 N–H and O–H groups in total. The molecule has 1 saturated heterocycles. The summed E-state index contributed by atoms with van der Waals surface area (Å²) in [5, 5.41) is 1.15. The molecule has 24 heavy (non-hydrogen) atoms. The van der Waals surface area contributed by atoms with E-state index in [4.69, 9.17) is 10.7 Å². The number of hydrogen-bond donors (Lipinski definition) is 1. The second-order valence-electron chi connectivity index (χ2n) is 6.92. The number of anilines is 1. The molecular weight excluding hydrogens is 298 g/mol. The van der Waals surface area contributed by atoms with Gasteiger partial charge in [-0.15, -0.1) is 0 Å². The van der Waals surface area contributed by atoms with E-state index in [1.165, 1.54) is 12.8 Å². The molecule has 1 aromatic carbocycles. The van der Waals surface area contributed by atoms with Crippen LogP contribution in [0.5, 0.6) is 0 Å². The molecule has 3 rings (SSSR count). The third kappa shape index (κ3) is 3.61. The fraction of sp³-hybridized carbons (Fsp3) is 0.474. The van der Waals surface area contributed by atoms with Crippen molar-refractivity contribution in [2.45, 2.75) is 26.3 Å². The number of benzene rings is 1. The van der Waals surface area contributed by atoms with Gasteiger partial charge in [-0.05, 0) is 36.5 Å². The van der Waals surface area contributed by atoms with Gasteiger partial charge < -0.3 is 15.5 Å². The Hall–Kier alpha value is -2.30. The number of hydrogen-bond acceptors (Lipinski definition) is 3. The number of para-hydroxylation sites is 1. The van der Waals surface area contributed by atoms with Gasteiger partial charge in [-0.2, -0.15) is 0 Å². The molecule has 1 fully saturated rings. The number of pyridine rings is 1. The van der Waals surface area contributed by atoms with Crippen LogP contribution < -0.4 is 10.6 Å². The number of guanidine groups is 1. The first kappa shape index (κ1) is 16.6. The van der Waals surface area contributed by atoms with Crippen LogP contribution in [0.3, 0.4) is 0 Å². The molecule has 1 aliphatic rings. The van der Waals surface area contributed by atoms with E-state index in [2.05, 4.69) is 28.9 Å². The molecule has 0 aliphatic carbocycles. The molecule has 5 nitrogen and oxygen atoms in total. The first-order valence-corrected chi connectivity index (χ1v) is 8.65. The van der Waals surface area contributed by atoms with Crippen molar-refractivity contribution in [3.63, 3.8) is 0 Å². The summed E-state index contributed by atoms with van der Waals surface area (Å²) >= 11 is 0. The van der Waals surface area contributed by atoms with E-state index in [1.54, 1.807) is 0 Å². The fourth-order valence-electron chi connectivity index (χ4n) is 3.26. The number of piperidine rings is 1. The van der Waals surface area contributed by atoms with Crippen LogP contribution in [0.15, 0.2) is 35.3 Å². The number of aromatic nitrogens is 1. The van der Waals surface area contributed by atoms with Gasteiger partial charge in [-0.1, -0.05) is 25.1 Å². The molecule has 1 aliphatic heterocycles. The van der Waals surface area contributed by atoms with Crippen molar-refractivity contribution >= 4 is 22.7 Å². The largest absolute Gasteiger partial charge is 0.370 e. The van der Waals surface area contributed by atoms with Crippen molar-refractivity contribution in [2.75, 3.05) is 32.1 Å². The minimum absolute atomic E-state index is 0.584. The third-order valence-electron chi connectivity index (χ3n) is 4.64. The van der Waals surface area contributed by atoms with E-state index in [1.807, 2.05) is 37.2 Å². The Balaban J connectivity index is 1.87. The van der Waals surface area contributed by atoms with Crippen molar-refractivity contribution in [1.82, 2.24) is 9.88 Å². The standard InChI is InChI=1S/C19H27N5/c1-14-7-6-10-24(13-14)19(20)21-12-15-11-18(23(2)3)22-17-9-5-4-8-16(15)17/h4-5,8-9,11,14H,6-7,10,12-13H2,1-3H3,(H2,20,21). The van der Waals surface area contributed by atoms with Crippen molar-refractivity contribution in [1.29, 1.82) is 0 Å². The van der Waals surface area contributed by atoms with Crippen molar-refractivity contribution < 1.29 is 0 Å². The fourth-order valence-corrected chi connectivity index (χ4v) is 3.26. The van der Waals surface area contributed by atoms with Gasteiger partial charge >= 0.3 is 0 Å². The average molecular weight is 325 g/mol. The summed E-state index contributed by atoms with van der Waals surface area (Å²) in [5.74, 6) is 2.30. The molecule has 0 radical (unpaired) electrons. The van der Waals surface area contributed by atoms with Crippen LogP contribution in [0.1, 0.15) is 25.3 Å². The zero-order valence-corrected chi connectivity index (χ0v) is 14.9. The van der Waals surface area contributed by atoms with E-state index in [0.717, 1.165) is 35.4 Å². The Morgan fingerprint density at radius 1 is 1.38 bits per heavy atom. The highest BCUT2D eigenvalue weighted by atomic mass is 15.3. The van der Waals surface area contributed by atoms with E-state index in [-0.39, 0.29) is 0 Å². The quantitative estimate of drug-likeness (QED) is 0.696. The van der Waals surface area contributed by atoms with Crippen LogP contribution >= 0.6 is 0 Å². The lowest BCUT2D eigenvalue weighted by atomic mass is 10.0. The summed E-state index contributed by atoms with van der Waals surface area (Å²) in [4.78, 5) is 13.6. The van der Waals surface area contributed by atoms with Gasteiger partial charge in [0, 0.05) is 32.6 Å². The van der Waals surface area contributed by atoms with Crippen molar-refractivity contribution in [2.24, 2.45) is 16.6 Å². The Morgan fingerprint density at radius 2 is 2.17 bits per heavy atom. The summed E-state index contributed by atoms with van der Waals surface area (Å²) in [5.41, 5.74) is 8.41. The van der Waals surface area contributed by atoms with Gasteiger partial charge in [0.1, 0.15) is 5.82 Å². The Labute approximate surface area is 144 Å². The third-order valence-corrected chi connectivity index (χ3v) is 4.64. The lowest BCUT2D eigenvalue weighted by Crippen LogP contribution is -2.43. The Morgan fingerprint density at radius 3 is 2.92 bits per heavy atom. The molecule has 0 bridgehead atoms. The van der Waals surface area contributed by atoms with E-state index < -0.39 is 0 Å². The lowest BCUT2D eigenvalue weighted by molar-refractivity contribution is 0.270. The molecule has 2 aromatic rings. The summed E-state index contributed by atoms with van der Waals surface area (Å²) in [6.07, 6.45) is 2.48. The van der Waals surface area contributed by atoms with Crippen molar-refractivity contribution in [3.05, 3.63) is 35.9 Å². The first-order chi connectivity index (χ1) is 11.5. The second-order valence-corrected chi connectivity index (χ2v) is 6.92. The molecule has 5 heteroatoms. The monoisotopic (exact) mass is 325 g/mol. The van der Waals surface area contributed by atoms with E-state index in [9.17, 15) is 0 Å². The highest BCUT2D eigenvalue weighted by Gasteiger charge is 2.17. The molecule has 128 valence electrons. The number of rotatable bonds is 3. The maximum atomic E-state index is 6.25. The van der Waals surface area contributed by atoms with Gasteiger partial charge in [-0.3, -0.25) is 0 Å². The van der Waals surface area contributed by atoms with Crippen molar-refractivity contribution in [3.8, 4) is 0 Å². The minimum Gasteiger partial charge on any atom is -0.370 e. The topological polar surface area (TPSA) is 57.8 Å². The van der Waals surface area contributed by atoms with E-state index in [0.29, 0.717) is 18.4 Å². The lowest BCUT2D eigenvalue weighted by Gasteiger charge is -2.31. The summed E-state index contributed by atoms with van der Waals surface area (Å²) in [7, 11) is 4.02. The maximum Gasteiger partial charge on any atom is 0.191 e. The number of likely N-dealkylation sites (tertiary alicyclic amines) is 1. The van der Waals surface area contributed by atoms with Crippen LogP contribution in [-0.2, 0) is 6.54 Å². The van der Waals surface area contributed by atoms with Crippen LogP contribution in [-0.4, -0.2) is 43.0 Å². The second kappa shape index (κ2) is 7.07. The first-order valence-electron chi connectivity index (χ1n) is 8.65. The molecule has 0 amide bonds. The molecule has 1 aromatic heterocycles. The predicted molar refractivity (Wildman–Crippen MR) is 101 cm³/mol. The number of nitrogens with two attached hydrogens (primary N) is 1. The predicted octanol–water partition coefficient (Wildman–Crippen LogP) is 2.85. The number of aliphatic imine (C=N–C) groups is 1. The smallest absolute Gasteiger partial charge is 0.191 e. The van der Waals surface area contributed by atoms with Gasteiger partial charge in [0.15, 0.2) is 5.96 Å². The van der Waals surface area contributed by atoms with Gasteiger partial charge in [0.2, 0.25) is 0 Å².